The predicted octanol–water partition coefficient (Wildman–Crippen LogP) is 5.82. The second-order valence-electron chi connectivity index (χ2n) is 4.89. The molecule has 0 saturated heterocycles. The minimum Gasteiger partial charge on any atom is -0.100 e. The molecule has 0 aliphatic rings. The molecule has 92 valence electrons. The molecule has 0 nitrogen and oxygen atoms in total. The van der Waals surface area contributed by atoms with Crippen LogP contribution in [0.25, 0.3) is 0 Å². The lowest BCUT2D eigenvalue weighted by Gasteiger charge is -2.01. The minimum atomic E-state index is 1.13. The molecule has 0 radical (unpaired) electrons. The molecule has 0 heteroatoms. The average molecular weight is 220 g/mol. The second kappa shape index (κ2) is 9.45. The topological polar surface area (TPSA) is 0 Å². The van der Waals surface area contributed by atoms with E-state index in [1.807, 2.05) is 0 Å². The van der Waals surface area contributed by atoms with Crippen molar-refractivity contribution in [2.45, 2.75) is 66.2 Å². The Morgan fingerprint density at radius 3 is 1.88 bits per heavy atom. The van der Waals surface area contributed by atoms with Crippen molar-refractivity contribution in [3.8, 4) is 0 Å². The summed E-state index contributed by atoms with van der Waals surface area (Å²) in [6.07, 6.45) is 11.9. The van der Waals surface area contributed by atoms with Gasteiger partial charge in [0.25, 0.3) is 0 Å². The molecule has 0 fully saturated rings. The molecule has 0 aliphatic heterocycles. The van der Waals surface area contributed by atoms with Gasteiger partial charge in [-0.05, 0) is 52.9 Å². The lowest BCUT2D eigenvalue weighted by Crippen LogP contribution is -1.80. The van der Waals surface area contributed by atoms with Crippen LogP contribution in [-0.2, 0) is 0 Å². The molecule has 0 heterocycles. The van der Waals surface area contributed by atoms with Gasteiger partial charge in [-0.2, -0.15) is 0 Å². The first-order valence-corrected chi connectivity index (χ1v) is 6.52. The van der Waals surface area contributed by atoms with Crippen molar-refractivity contribution in [3.63, 3.8) is 0 Å². The zero-order chi connectivity index (χ0) is 12.4. The van der Waals surface area contributed by atoms with E-state index >= 15 is 0 Å². The van der Waals surface area contributed by atoms with Crippen molar-refractivity contribution in [1.29, 1.82) is 0 Å². The summed E-state index contributed by atoms with van der Waals surface area (Å²) in [4.78, 5) is 0. The van der Waals surface area contributed by atoms with Gasteiger partial charge in [-0.15, -0.1) is 6.58 Å². The Balaban J connectivity index is 3.75. The highest BCUT2D eigenvalue weighted by Gasteiger charge is 1.91. The lowest BCUT2D eigenvalue weighted by molar-refractivity contribution is 0.876. The van der Waals surface area contributed by atoms with Crippen molar-refractivity contribution in [2.24, 2.45) is 0 Å². The van der Waals surface area contributed by atoms with Crippen LogP contribution in [0.1, 0.15) is 66.2 Å². The Labute approximate surface area is 102 Å². The number of hydrogen-bond acceptors (Lipinski definition) is 0. The third-order valence-electron chi connectivity index (χ3n) is 2.74. The van der Waals surface area contributed by atoms with E-state index in [2.05, 4.69) is 46.4 Å². The van der Waals surface area contributed by atoms with Crippen LogP contribution in [0.15, 0.2) is 35.5 Å². The summed E-state index contributed by atoms with van der Waals surface area (Å²) < 4.78 is 0. The third kappa shape index (κ3) is 9.76. The number of rotatable bonds is 8. The van der Waals surface area contributed by atoms with Crippen LogP contribution < -0.4 is 0 Å². The summed E-state index contributed by atoms with van der Waals surface area (Å²) in [5.74, 6) is 0. The normalized spacial score (nSPS) is 13.0. The van der Waals surface area contributed by atoms with E-state index in [-0.39, 0.29) is 0 Å². The van der Waals surface area contributed by atoms with Crippen molar-refractivity contribution in [1.82, 2.24) is 0 Å². The van der Waals surface area contributed by atoms with E-state index < -0.39 is 0 Å². The zero-order valence-electron chi connectivity index (χ0n) is 11.6. The molecule has 16 heavy (non-hydrogen) atoms. The maximum atomic E-state index is 3.92. The Bertz CT molecular complexity index is 253. The van der Waals surface area contributed by atoms with E-state index in [1.54, 1.807) is 0 Å². The summed E-state index contributed by atoms with van der Waals surface area (Å²) in [7, 11) is 0. The second-order valence-corrected chi connectivity index (χ2v) is 4.89. The molecule has 0 unspecified atom stereocenters. The van der Waals surface area contributed by atoms with E-state index in [0.29, 0.717) is 0 Å². The van der Waals surface area contributed by atoms with Gasteiger partial charge in [0.15, 0.2) is 0 Å². The van der Waals surface area contributed by atoms with Crippen LogP contribution in [0.2, 0.25) is 0 Å². The van der Waals surface area contributed by atoms with Crippen LogP contribution in [0.4, 0.5) is 0 Å². The summed E-state index contributed by atoms with van der Waals surface area (Å²) in [5.41, 5.74) is 4.33. The van der Waals surface area contributed by atoms with Crippen LogP contribution in [-0.4, -0.2) is 0 Å². The Hall–Kier alpha value is -0.780. The molecule has 0 N–H and O–H groups in total. The van der Waals surface area contributed by atoms with Crippen LogP contribution in [0.3, 0.4) is 0 Å². The summed E-state index contributed by atoms with van der Waals surface area (Å²) in [5, 5.41) is 0. The monoisotopic (exact) mass is 220 g/mol. The molecule has 0 spiro atoms. The number of hydrogen-bond donors (Lipinski definition) is 0. The Morgan fingerprint density at radius 2 is 1.38 bits per heavy atom. The van der Waals surface area contributed by atoms with E-state index in [0.717, 1.165) is 12.8 Å². The highest BCUT2D eigenvalue weighted by atomic mass is 14.0. The van der Waals surface area contributed by atoms with E-state index in [1.165, 1.54) is 42.4 Å². The van der Waals surface area contributed by atoms with Crippen LogP contribution in [0, 0.1) is 0 Å². The summed E-state index contributed by atoms with van der Waals surface area (Å²) in [6, 6.07) is 0. The molecule has 0 atom stereocenters. The maximum Gasteiger partial charge on any atom is -0.0288 e. The fourth-order valence-electron chi connectivity index (χ4n) is 1.71. The van der Waals surface area contributed by atoms with Gasteiger partial charge < -0.3 is 0 Å². The first-order valence-electron chi connectivity index (χ1n) is 6.52. The average Bonchev–Trinajstić information content (AvgIpc) is 2.17. The summed E-state index contributed by atoms with van der Waals surface area (Å²) in [6.45, 7) is 12.7. The van der Waals surface area contributed by atoms with Gasteiger partial charge in [0.1, 0.15) is 0 Å². The predicted molar refractivity (Wildman–Crippen MR) is 75.7 cm³/mol. The highest BCUT2D eigenvalue weighted by Crippen LogP contribution is 2.11. The van der Waals surface area contributed by atoms with Crippen molar-refractivity contribution in [2.75, 3.05) is 0 Å². The van der Waals surface area contributed by atoms with Gasteiger partial charge in [-0.1, -0.05) is 42.2 Å². The third-order valence-corrected chi connectivity index (χ3v) is 2.74. The first-order chi connectivity index (χ1) is 7.56. The van der Waals surface area contributed by atoms with Gasteiger partial charge in [-0.25, -0.2) is 0 Å². The van der Waals surface area contributed by atoms with Crippen molar-refractivity contribution >= 4 is 0 Å². The van der Waals surface area contributed by atoms with Crippen molar-refractivity contribution in [3.05, 3.63) is 35.5 Å². The molecule has 0 amide bonds. The maximum absolute atomic E-state index is 3.92. The van der Waals surface area contributed by atoms with Gasteiger partial charge in [0.2, 0.25) is 0 Å². The molecule has 0 aliphatic carbocycles. The van der Waals surface area contributed by atoms with Crippen LogP contribution in [0.5, 0.6) is 0 Å². The van der Waals surface area contributed by atoms with Crippen LogP contribution >= 0.6 is 0 Å². The fraction of sp³-hybridized carbons (Fsp3) is 0.625. The zero-order valence-corrected chi connectivity index (χ0v) is 11.6. The van der Waals surface area contributed by atoms with Gasteiger partial charge in [-0.3, -0.25) is 0 Å². The first kappa shape index (κ1) is 15.2. The highest BCUT2D eigenvalue weighted by molar-refractivity contribution is 5.04. The van der Waals surface area contributed by atoms with E-state index in [9.17, 15) is 0 Å². The van der Waals surface area contributed by atoms with Gasteiger partial charge in [0.05, 0.1) is 0 Å². The minimum absolute atomic E-state index is 1.13. The van der Waals surface area contributed by atoms with Gasteiger partial charge in [0, 0.05) is 0 Å². The molecule has 0 bridgehead atoms. The molecular formula is C16H28. The quantitative estimate of drug-likeness (QED) is 0.452. The molecule has 0 aromatic rings. The Kier molecular flexibility index (Phi) is 8.99. The fourth-order valence-corrected chi connectivity index (χ4v) is 1.71. The number of allylic oxidation sites excluding steroid dienone is 5. The summed E-state index contributed by atoms with van der Waals surface area (Å²) >= 11 is 0. The standard InChI is InChI=1S/C16H28/c1-6-9-15(4)12-8-13-16(5)11-7-10-14(2)3/h11-12H,2,6-10,13H2,1,3-5H3. The Morgan fingerprint density at radius 1 is 0.875 bits per heavy atom. The SMILES string of the molecule is C=C(C)CCC=C(C)CCC=C(C)CCC. The lowest BCUT2D eigenvalue weighted by atomic mass is 10.1. The smallest absolute Gasteiger partial charge is 0.0288 e. The largest absolute Gasteiger partial charge is 0.100 e. The van der Waals surface area contributed by atoms with Gasteiger partial charge >= 0.3 is 0 Å². The van der Waals surface area contributed by atoms with E-state index in [4.69, 9.17) is 0 Å². The molecule has 0 aromatic carbocycles. The molecule has 0 rings (SSSR count). The molecule has 0 saturated carbocycles. The molecule has 0 aromatic heterocycles. The van der Waals surface area contributed by atoms with Crippen molar-refractivity contribution < 1.29 is 0 Å². The molecular weight excluding hydrogens is 192 g/mol.